The maximum absolute atomic E-state index is 12.1. The third-order valence-corrected chi connectivity index (χ3v) is 4.35. The predicted octanol–water partition coefficient (Wildman–Crippen LogP) is 2.36. The van der Waals surface area contributed by atoms with E-state index < -0.39 is 0 Å². The van der Waals surface area contributed by atoms with Gasteiger partial charge in [0.25, 0.3) is 5.91 Å². The van der Waals surface area contributed by atoms with Crippen LogP contribution in [0.4, 0.5) is 0 Å². The summed E-state index contributed by atoms with van der Waals surface area (Å²) in [7, 11) is 0. The standard InChI is InChI=1S/C14H16N4OS/c1-8-13(20-9(2)18-8)14(19)15-6-11-5-12(10-3-4-10)17-7-16-11/h5,7,10H,3-4,6H2,1-2H3,(H,15,19). The van der Waals surface area contributed by atoms with Gasteiger partial charge in [0, 0.05) is 11.6 Å². The van der Waals surface area contributed by atoms with Crippen molar-refractivity contribution in [3.05, 3.63) is 39.4 Å². The maximum atomic E-state index is 12.1. The minimum absolute atomic E-state index is 0.0836. The van der Waals surface area contributed by atoms with Crippen molar-refractivity contribution in [3.63, 3.8) is 0 Å². The molecule has 20 heavy (non-hydrogen) atoms. The van der Waals surface area contributed by atoms with E-state index in [1.807, 2.05) is 19.9 Å². The van der Waals surface area contributed by atoms with Crippen LogP contribution in [-0.2, 0) is 6.54 Å². The molecule has 1 aliphatic carbocycles. The Morgan fingerprint density at radius 2 is 2.20 bits per heavy atom. The molecule has 1 saturated carbocycles. The average molecular weight is 288 g/mol. The van der Waals surface area contributed by atoms with Crippen molar-refractivity contribution >= 4 is 17.2 Å². The number of rotatable bonds is 4. The Bertz CT molecular complexity index is 648. The van der Waals surface area contributed by atoms with Crippen molar-refractivity contribution in [2.75, 3.05) is 0 Å². The number of nitrogens with zero attached hydrogens (tertiary/aromatic N) is 3. The van der Waals surface area contributed by atoms with Gasteiger partial charge in [-0.2, -0.15) is 0 Å². The summed E-state index contributed by atoms with van der Waals surface area (Å²) in [6, 6.07) is 1.99. The third kappa shape index (κ3) is 2.85. The van der Waals surface area contributed by atoms with Gasteiger partial charge in [-0.25, -0.2) is 15.0 Å². The number of carbonyl (C=O) groups excluding carboxylic acids is 1. The summed E-state index contributed by atoms with van der Waals surface area (Å²) in [5, 5.41) is 3.81. The number of nitrogens with one attached hydrogen (secondary N) is 1. The van der Waals surface area contributed by atoms with E-state index in [1.54, 1.807) is 6.33 Å². The van der Waals surface area contributed by atoms with Gasteiger partial charge in [0.2, 0.25) is 0 Å². The van der Waals surface area contributed by atoms with Gasteiger partial charge < -0.3 is 5.32 Å². The van der Waals surface area contributed by atoms with Crippen LogP contribution in [0.2, 0.25) is 0 Å². The molecule has 104 valence electrons. The Hall–Kier alpha value is -1.82. The van der Waals surface area contributed by atoms with Crippen molar-refractivity contribution in [1.29, 1.82) is 0 Å². The van der Waals surface area contributed by atoms with Crippen LogP contribution in [0.5, 0.6) is 0 Å². The summed E-state index contributed by atoms with van der Waals surface area (Å²) in [6.45, 7) is 4.19. The van der Waals surface area contributed by atoms with E-state index in [0.717, 1.165) is 22.1 Å². The molecule has 1 aliphatic rings. The Morgan fingerprint density at radius 3 is 2.85 bits per heavy atom. The fourth-order valence-electron chi connectivity index (χ4n) is 2.11. The zero-order valence-electron chi connectivity index (χ0n) is 11.5. The van der Waals surface area contributed by atoms with Gasteiger partial charge >= 0.3 is 0 Å². The molecule has 1 N–H and O–H groups in total. The summed E-state index contributed by atoms with van der Waals surface area (Å²) in [5.41, 5.74) is 2.73. The van der Waals surface area contributed by atoms with Gasteiger partial charge in [0.05, 0.1) is 22.9 Å². The van der Waals surface area contributed by atoms with E-state index in [-0.39, 0.29) is 5.91 Å². The molecule has 2 aromatic rings. The minimum atomic E-state index is -0.0836. The molecule has 0 unspecified atom stereocenters. The number of hydrogen-bond acceptors (Lipinski definition) is 5. The van der Waals surface area contributed by atoms with Crippen LogP contribution >= 0.6 is 11.3 Å². The maximum Gasteiger partial charge on any atom is 0.263 e. The Labute approximate surface area is 121 Å². The van der Waals surface area contributed by atoms with Crippen molar-refractivity contribution in [1.82, 2.24) is 20.3 Å². The predicted molar refractivity (Wildman–Crippen MR) is 76.8 cm³/mol. The molecule has 1 amide bonds. The van der Waals surface area contributed by atoms with E-state index in [4.69, 9.17) is 0 Å². The number of amides is 1. The highest BCUT2D eigenvalue weighted by atomic mass is 32.1. The zero-order valence-corrected chi connectivity index (χ0v) is 12.3. The fourth-order valence-corrected chi connectivity index (χ4v) is 2.94. The number of aromatic nitrogens is 3. The van der Waals surface area contributed by atoms with Crippen molar-refractivity contribution in [3.8, 4) is 0 Å². The third-order valence-electron chi connectivity index (χ3n) is 3.28. The van der Waals surface area contributed by atoms with Crippen LogP contribution in [0, 0.1) is 13.8 Å². The highest BCUT2D eigenvalue weighted by Crippen LogP contribution is 2.38. The van der Waals surface area contributed by atoms with Crippen LogP contribution in [0.15, 0.2) is 12.4 Å². The molecule has 0 radical (unpaired) electrons. The first-order valence-electron chi connectivity index (χ1n) is 6.66. The molecule has 0 bridgehead atoms. The molecule has 5 nitrogen and oxygen atoms in total. The van der Waals surface area contributed by atoms with E-state index in [1.165, 1.54) is 24.2 Å². The molecule has 0 spiro atoms. The number of carbonyl (C=O) groups is 1. The molecule has 0 aliphatic heterocycles. The Morgan fingerprint density at radius 1 is 1.40 bits per heavy atom. The first kappa shape index (κ1) is 13.2. The highest BCUT2D eigenvalue weighted by molar-refractivity contribution is 7.13. The van der Waals surface area contributed by atoms with E-state index in [0.29, 0.717) is 17.3 Å². The fraction of sp³-hybridized carbons (Fsp3) is 0.429. The first-order chi connectivity index (χ1) is 9.63. The topological polar surface area (TPSA) is 67.8 Å². The summed E-state index contributed by atoms with van der Waals surface area (Å²) in [5.74, 6) is 0.513. The number of thiazole rings is 1. The van der Waals surface area contributed by atoms with Crippen molar-refractivity contribution in [2.45, 2.75) is 39.2 Å². The van der Waals surface area contributed by atoms with Crippen LogP contribution < -0.4 is 5.32 Å². The van der Waals surface area contributed by atoms with E-state index in [2.05, 4.69) is 20.3 Å². The largest absolute Gasteiger partial charge is 0.346 e. The Kier molecular flexibility index (Phi) is 3.48. The van der Waals surface area contributed by atoms with Crippen LogP contribution in [0.3, 0.4) is 0 Å². The molecule has 2 heterocycles. The second-order valence-corrected chi connectivity index (χ2v) is 6.24. The molecule has 2 aromatic heterocycles. The van der Waals surface area contributed by atoms with E-state index in [9.17, 15) is 4.79 Å². The minimum Gasteiger partial charge on any atom is -0.346 e. The molecular weight excluding hydrogens is 272 g/mol. The van der Waals surface area contributed by atoms with Gasteiger partial charge in [-0.3, -0.25) is 4.79 Å². The zero-order chi connectivity index (χ0) is 14.1. The molecular formula is C14H16N4OS. The van der Waals surface area contributed by atoms with Crippen LogP contribution in [0.1, 0.15) is 50.5 Å². The van der Waals surface area contributed by atoms with Crippen LogP contribution in [-0.4, -0.2) is 20.9 Å². The lowest BCUT2D eigenvalue weighted by Gasteiger charge is -2.05. The highest BCUT2D eigenvalue weighted by Gasteiger charge is 2.25. The molecule has 6 heteroatoms. The average Bonchev–Trinajstić information content (AvgIpc) is 3.22. The van der Waals surface area contributed by atoms with Crippen molar-refractivity contribution < 1.29 is 4.79 Å². The normalized spacial score (nSPS) is 14.3. The summed E-state index contributed by atoms with van der Waals surface area (Å²) in [4.78, 5) is 25.5. The van der Waals surface area contributed by atoms with Crippen molar-refractivity contribution in [2.24, 2.45) is 0 Å². The van der Waals surface area contributed by atoms with Gasteiger partial charge in [-0.15, -0.1) is 11.3 Å². The SMILES string of the molecule is Cc1nc(C)c(C(=O)NCc2cc(C3CC3)ncn2)s1. The lowest BCUT2D eigenvalue weighted by atomic mass is 10.2. The smallest absolute Gasteiger partial charge is 0.263 e. The first-order valence-corrected chi connectivity index (χ1v) is 7.48. The van der Waals surface area contributed by atoms with Gasteiger partial charge in [0.15, 0.2) is 0 Å². The van der Waals surface area contributed by atoms with Gasteiger partial charge in [0.1, 0.15) is 11.2 Å². The number of aryl methyl sites for hydroxylation is 2. The summed E-state index contributed by atoms with van der Waals surface area (Å²) < 4.78 is 0. The van der Waals surface area contributed by atoms with Gasteiger partial charge in [-0.1, -0.05) is 0 Å². The summed E-state index contributed by atoms with van der Waals surface area (Å²) in [6.07, 6.45) is 4.00. The second kappa shape index (κ2) is 5.28. The lowest BCUT2D eigenvalue weighted by molar-refractivity contribution is 0.0953. The molecule has 0 atom stereocenters. The Balaban J connectivity index is 1.65. The van der Waals surface area contributed by atoms with Gasteiger partial charge in [-0.05, 0) is 32.8 Å². The lowest BCUT2D eigenvalue weighted by Crippen LogP contribution is -2.23. The molecule has 3 rings (SSSR count). The van der Waals surface area contributed by atoms with E-state index >= 15 is 0 Å². The molecule has 0 saturated heterocycles. The monoisotopic (exact) mass is 288 g/mol. The number of hydrogen-bond donors (Lipinski definition) is 1. The van der Waals surface area contributed by atoms with Crippen LogP contribution in [0.25, 0.3) is 0 Å². The molecule has 1 fully saturated rings. The second-order valence-electron chi connectivity index (χ2n) is 5.04. The summed E-state index contributed by atoms with van der Waals surface area (Å²) >= 11 is 1.42. The molecule has 0 aromatic carbocycles. The quantitative estimate of drug-likeness (QED) is 0.937.